The molecule has 94 valence electrons. The van der Waals surface area contributed by atoms with E-state index in [-0.39, 0.29) is 0 Å². The Morgan fingerprint density at radius 3 is 2.39 bits per heavy atom. The number of nitrogen functional groups attached to an aromatic ring is 1. The summed E-state index contributed by atoms with van der Waals surface area (Å²) in [6.45, 7) is 4.95. The van der Waals surface area contributed by atoms with Crippen LogP contribution in [-0.4, -0.2) is 6.54 Å². The first kappa shape index (κ1) is 12.8. The van der Waals surface area contributed by atoms with Crippen LogP contribution in [0.1, 0.15) is 12.5 Å². The van der Waals surface area contributed by atoms with Gasteiger partial charge < -0.3 is 10.6 Å². The summed E-state index contributed by atoms with van der Waals surface area (Å²) in [5, 5.41) is 0.744. The molecule has 0 aliphatic rings. The maximum absolute atomic E-state index is 6.19. The molecule has 2 aromatic rings. The van der Waals surface area contributed by atoms with Crippen LogP contribution in [0.4, 0.5) is 17.1 Å². The second-order valence-electron chi connectivity index (χ2n) is 4.19. The van der Waals surface area contributed by atoms with Crippen LogP contribution in [0, 0.1) is 6.92 Å². The van der Waals surface area contributed by atoms with E-state index in [9.17, 15) is 0 Å². The quantitative estimate of drug-likeness (QED) is 0.830. The van der Waals surface area contributed by atoms with Crippen molar-refractivity contribution in [1.29, 1.82) is 0 Å². The number of halogens is 1. The number of anilines is 3. The van der Waals surface area contributed by atoms with E-state index >= 15 is 0 Å². The van der Waals surface area contributed by atoms with Gasteiger partial charge in [0, 0.05) is 17.3 Å². The van der Waals surface area contributed by atoms with E-state index in [1.54, 1.807) is 0 Å². The first-order valence-electron chi connectivity index (χ1n) is 6.02. The number of benzene rings is 2. The number of hydrogen-bond acceptors (Lipinski definition) is 2. The molecule has 0 saturated carbocycles. The molecule has 2 nitrogen and oxygen atoms in total. The number of hydrogen-bond donors (Lipinski definition) is 1. The Kier molecular flexibility index (Phi) is 3.78. The van der Waals surface area contributed by atoms with Crippen molar-refractivity contribution in [1.82, 2.24) is 0 Å². The molecule has 18 heavy (non-hydrogen) atoms. The first-order valence-corrected chi connectivity index (χ1v) is 6.40. The predicted molar refractivity (Wildman–Crippen MR) is 79.7 cm³/mol. The maximum atomic E-state index is 6.19. The highest BCUT2D eigenvalue weighted by Gasteiger charge is 2.14. The summed E-state index contributed by atoms with van der Waals surface area (Å²) in [6, 6.07) is 13.9. The summed E-state index contributed by atoms with van der Waals surface area (Å²) in [5.74, 6) is 0. The highest BCUT2D eigenvalue weighted by molar-refractivity contribution is 6.32. The Bertz CT molecular complexity index is 538. The zero-order valence-corrected chi connectivity index (χ0v) is 11.4. The molecule has 0 aromatic heterocycles. The fourth-order valence-electron chi connectivity index (χ4n) is 2.13. The van der Waals surface area contributed by atoms with Crippen molar-refractivity contribution < 1.29 is 0 Å². The largest absolute Gasteiger partial charge is 0.397 e. The molecule has 0 unspecified atom stereocenters. The molecule has 0 spiro atoms. The van der Waals surface area contributed by atoms with Crippen molar-refractivity contribution in [2.75, 3.05) is 17.2 Å². The molecule has 0 atom stereocenters. The van der Waals surface area contributed by atoms with E-state index in [0.717, 1.165) is 34.2 Å². The summed E-state index contributed by atoms with van der Waals surface area (Å²) >= 11 is 6.19. The average molecular weight is 261 g/mol. The van der Waals surface area contributed by atoms with Crippen molar-refractivity contribution in [3.8, 4) is 0 Å². The van der Waals surface area contributed by atoms with Gasteiger partial charge in [-0.1, -0.05) is 29.8 Å². The summed E-state index contributed by atoms with van der Waals surface area (Å²) < 4.78 is 0. The molecule has 2 aromatic carbocycles. The Morgan fingerprint density at radius 1 is 1.11 bits per heavy atom. The summed E-state index contributed by atoms with van der Waals surface area (Å²) in [7, 11) is 0. The molecule has 0 aliphatic carbocycles. The van der Waals surface area contributed by atoms with Gasteiger partial charge in [0.2, 0.25) is 0 Å². The standard InChI is InChI=1S/C15H17ClN2/c1-3-18(12-7-5-4-6-8-12)15-11(2)13(16)9-10-14(15)17/h4-10H,3,17H2,1-2H3. The fourth-order valence-corrected chi connectivity index (χ4v) is 2.28. The van der Waals surface area contributed by atoms with Crippen molar-refractivity contribution >= 4 is 28.7 Å². The van der Waals surface area contributed by atoms with Crippen LogP contribution in [0.2, 0.25) is 5.02 Å². The molecule has 0 aliphatic heterocycles. The maximum Gasteiger partial charge on any atom is 0.0688 e. The highest BCUT2D eigenvalue weighted by Crippen LogP contribution is 2.36. The van der Waals surface area contributed by atoms with Crippen LogP contribution in [0.15, 0.2) is 42.5 Å². The molecule has 0 bridgehead atoms. The van der Waals surface area contributed by atoms with Crippen molar-refractivity contribution in [3.05, 3.63) is 53.1 Å². The molecule has 2 N–H and O–H groups in total. The second kappa shape index (κ2) is 5.32. The van der Waals surface area contributed by atoms with Gasteiger partial charge in [0.1, 0.15) is 0 Å². The summed E-state index contributed by atoms with van der Waals surface area (Å²) in [4.78, 5) is 2.18. The third kappa shape index (κ3) is 2.29. The zero-order chi connectivity index (χ0) is 13.1. The van der Waals surface area contributed by atoms with Crippen LogP contribution < -0.4 is 10.6 Å². The van der Waals surface area contributed by atoms with Gasteiger partial charge in [0.25, 0.3) is 0 Å². The van der Waals surface area contributed by atoms with Gasteiger partial charge in [0.05, 0.1) is 11.4 Å². The Balaban J connectivity index is 2.56. The third-order valence-corrected chi connectivity index (χ3v) is 3.46. The normalized spacial score (nSPS) is 10.4. The van der Waals surface area contributed by atoms with E-state index in [1.165, 1.54) is 0 Å². The smallest absolute Gasteiger partial charge is 0.0688 e. The van der Waals surface area contributed by atoms with E-state index in [4.69, 9.17) is 17.3 Å². The first-order chi connectivity index (χ1) is 8.65. The van der Waals surface area contributed by atoms with E-state index in [2.05, 4.69) is 24.0 Å². The van der Waals surface area contributed by atoms with Gasteiger partial charge in [-0.3, -0.25) is 0 Å². The van der Waals surface area contributed by atoms with Crippen LogP contribution in [0.3, 0.4) is 0 Å². The van der Waals surface area contributed by atoms with Gasteiger partial charge >= 0.3 is 0 Å². The molecule has 0 heterocycles. The van der Waals surface area contributed by atoms with Gasteiger partial charge in [-0.2, -0.15) is 0 Å². The SMILES string of the molecule is CCN(c1ccccc1)c1c(N)ccc(Cl)c1C. The summed E-state index contributed by atoms with van der Waals surface area (Å²) in [6.07, 6.45) is 0. The minimum absolute atomic E-state index is 0.744. The van der Waals surface area contributed by atoms with Gasteiger partial charge in [-0.15, -0.1) is 0 Å². The van der Waals surface area contributed by atoms with Gasteiger partial charge in [0.15, 0.2) is 0 Å². The van der Waals surface area contributed by atoms with E-state index < -0.39 is 0 Å². The Labute approximate surface area is 113 Å². The summed E-state index contributed by atoms with van der Waals surface area (Å²) in [5.41, 5.74) is 9.99. The lowest BCUT2D eigenvalue weighted by atomic mass is 10.1. The molecular formula is C15H17ClN2. The average Bonchev–Trinajstić information content (AvgIpc) is 2.40. The van der Waals surface area contributed by atoms with Gasteiger partial charge in [-0.05, 0) is 43.7 Å². The van der Waals surface area contributed by atoms with E-state index in [0.29, 0.717) is 0 Å². The molecular weight excluding hydrogens is 244 g/mol. The second-order valence-corrected chi connectivity index (χ2v) is 4.60. The Hall–Kier alpha value is -1.67. The topological polar surface area (TPSA) is 29.3 Å². The van der Waals surface area contributed by atoms with Crippen molar-refractivity contribution in [2.45, 2.75) is 13.8 Å². The van der Waals surface area contributed by atoms with Crippen LogP contribution >= 0.6 is 11.6 Å². The molecule has 3 heteroatoms. The van der Waals surface area contributed by atoms with Crippen molar-refractivity contribution in [3.63, 3.8) is 0 Å². The highest BCUT2D eigenvalue weighted by atomic mass is 35.5. The molecule has 2 rings (SSSR count). The van der Waals surface area contributed by atoms with Crippen molar-refractivity contribution in [2.24, 2.45) is 0 Å². The molecule has 0 radical (unpaired) electrons. The van der Waals surface area contributed by atoms with E-state index in [1.807, 2.05) is 37.3 Å². The minimum Gasteiger partial charge on any atom is -0.397 e. The lowest BCUT2D eigenvalue weighted by molar-refractivity contribution is 1.02. The lowest BCUT2D eigenvalue weighted by Crippen LogP contribution is -2.18. The van der Waals surface area contributed by atoms with Gasteiger partial charge in [-0.25, -0.2) is 0 Å². The minimum atomic E-state index is 0.744. The number of nitrogens with zero attached hydrogens (tertiary/aromatic N) is 1. The monoisotopic (exact) mass is 260 g/mol. The number of rotatable bonds is 3. The lowest BCUT2D eigenvalue weighted by Gasteiger charge is -2.27. The predicted octanol–water partition coefficient (Wildman–Crippen LogP) is 4.39. The van der Waals surface area contributed by atoms with Crippen LogP contribution in [0.5, 0.6) is 0 Å². The van der Waals surface area contributed by atoms with Crippen LogP contribution in [-0.2, 0) is 0 Å². The fraction of sp³-hybridized carbons (Fsp3) is 0.200. The molecule has 0 amide bonds. The molecule has 0 fully saturated rings. The molecule has 0 saturated heterocycles. The zero-order valence-electron chi connectivity index (χ0n) is 10.7. The number of nitrogens with two attached hydrogens (primary N) is 1. The number of para-hydroxylation sites is 1. The third-order valence-electron chi connectivity index (χ3n) is 3.05. The Morgan fingerprint density at radius 2 is 1.78 bits per heavy atom. The van der Waals surface area contributed by atoms with Crippen LogP contribution in [0.25, 0.3) is 0 Å².